The second-order valence-electron chi connectivity index (χ2n) is 7.92. The fraction of sp³-hybridized carbons (Fsp3) is 0.684. The van der Waals surface area contributed by atoms with Crippen molar-refractivity contribution in [2.45, 2.75) is 70.1 Å². The summed E-state index contributed by atoms with van der Waals surface area (Å²) < 4.78 is 0. The summed E-state index contributed by atoms with van der Waals surface area (Å²) in [5.74, 6) is 0.767. The zero-order chi connectivity index (χ0) is 14.2. The molecule has 2 aliphatic rings. The number of rotatable bonds is 3. The van der Waals surface area contributed by atoms with E-state index >= 15 is 0 Å². The quantitative estimate of drug-likeness (QED) is 0.843. The Labute approximate surface area is 124 Å². The highest BCUT2D eigenvalue weighted by Crippen LogP contribution is 2.45. The van der Waals surface area contributed by atoms with Gasteiger partial charge in [-0.2, -0.15) is 0 Å². The molecule has 20 heavy (non-hydrogen) atoms. The summed E-state index contributed by atoms with van der Waals surface area (Å²) in [4.78, 5) is 0. The molecule has 0 heterocycles. The molecule has 0 saturated heterocycles. The molecule has 0 spiro atoms. The Hall–Kier alpha value is -0.820. The van der Waals surface area contributed by atoms with E-state index in [1.165, 1.54) is 50.5 Å². The number of nitrogens with two attached hydrogens (primary N) is 1. The minimum atomic E-state index is 0.310. The first-order valence-corrected chi connectivity index (χ1v) is 8.35. The Bertz CT molecular complexity index is 448. The van der Waals surface area contributed by atoms with Crippen LogP contribution in [0.2, 0.25) is 0 Å². The summed E-state index contributed by atoms with van der Waals surface area (Å²) >= 11 is 0. The zero-order valence-corrected chi connectivity index (χ0v) is 13.1. The molecule has 2 aliphatic carbocycles. The van der Waals surface area contributed by atoms with E-state index in [-0.39, 0.29) is 0 Å². The molecule has 2 saturated carbocycles. The van der Waals surface area contributed by atoms with Crippen LogP contribution in [-0.4, -0.2) is 6.54 Å². The maximum Gasteiger partial charge on any atom is 0.00755 e. The lowest BCUT2D eigenvalue weighted by atomic mass is 9.64. The maximum atomic E-state index is 6.02. The molecule has 3 rings (SSSR count). The van der Waals surface area contributed by atoms with Crippen LogP contribution < -0.4 is 5.73 Å². The highest BCUT2D eigenvalue weighted by molar-refractivity contribution is 5.33. The van der Waals surface area contributed by atoms with E-state index in [1.54, 1.807) is 5.56 Å². The maximum absolute atomic E-state index is 6.02. The van der Waals surface area contributed by atoms with Crippen LogP contribution in [0.25, 0.3) is 0 Å². The average molecular weight is 271 g/mol. The first kappa shape index (κ1) is 14.1. The van der Waals surface area contributed by atoms with Gasteiger partial charge in [0.25, 0.3) is 0 Å². The van der Waals surface area contributed by atoms with Crippen molar-refractivity contribution in [2.75, 3.05) is 6.54 Å². The molecule has 2 fully saturated rings. The van der Waals surface area contributed by atoms with Crippen LogP contribution in [0.1, 0.15) is 75.8 Å². The average Bonchev–Trinajstić information content (AvgIpc) is 2.38. The fourth-order valence-electron chi connectivity index (χ4n) is 4.31. The van der Waals surface area contributed by atoms with Crippen molar-refractivity contribution in [1.29, 1.82) is 0 Å². The van der Waals surface area contributed by atoms with Crippen LogP contribution in [0.3, 0.4) is 0 Å². The number of benzene rings is 1. The molecule has 1 nitrogen and oxygen atoms in total. The van der Waals surface area contributed by atoms with Gasteiger partial charge in [-0.25, -0.2) is 0 Å². The van der Waals surface area contributed by atoms with Crippen molar-refractivity contribution < 1.29 is 0 Å². The van der Waals surface area contributed by atoms with Gasteiger partial charge in [0.1, 0.15) is 0 Å². The first-order valence-electron chi connectivity index (χ1n) is 8.35. The van der Waals surface area contributed by atoms with E-state index in [9.17, 15) is 0 Å². The van der Waals surface area contributed by atoms with Gasteiger partial charge in [-0.1, -0.05) is 51.0 Å². The number of hydrogen-bond donors (Lipinski definition) is 1. The van der Waals surface area contributed by atoms with Gasteiger partial charge in [0.2, 0.25) is 0 Å². The molecule has 0 radical (unpaired) electrons. The van der Waals surface area contributed by atoms with Crippen LogP contribution in [0.4, 0.5) is 0 Å². The minimum absolute atomic E-state index is 0.310. The van der Waals surface area contributed by atoms with Crippen LogP contribution in [0.15, 0.2) is 24.3 Å². The summed E-state index contributed by atoms with van der Waals surface area (Å²) in [7, 11) is 0. The summed E-state index contributed by atoms with van der Waals surface area (Å²) in [6.07, 6.45) is 9.37. The Morgan fingerprint density at radius 2 is 1.75 bits per heavy atom. The van der Waals surface area contributed by atoms with Gasteiger partial charge in [0.05, 0.1) is 0 Å². The lowest BCUT2D eigenvalue weighted by molar-refractivity contribution is 0.219. The van der Waals surface area contributed by atoms with E-state index < -0.39 is 0 Å². The van der Waals surface area contributed by atoms with Crippen molar-refractivity contribution in [3.63, 3.8) is 0 Å². The van der Waals surface area contributed by atoms with E-state index in [1.807, 2.05) is 0 Å². The number of hydrogen-bond acceptors (Lipinski definition) is 1. The van der Waals surface area contributed by atoms with Crippen molar-refractivity contribution >= 4 is 0 Å². The fourth-order valence-corrected chi connectivity index (χ4v) is 4.31. The molecular weight excluding hydrogens is 242 g/mol. The molecular formula is C19H29N. The third-order valence-corrected chi connectivity index (χ3v) is 5.90. The van der Waals surface area contributed by atoms with Crippen LogP contribution >= 0.6 is 0 Å². The lowest BCUT2D eigenvalue weighted by Gasteiger charge is -2.42. The van der Waals surface area contributed by atoms with E-state index in [0.717, 1.165) is 12.5 Å². The zero-order valence-electron chi connectivity index (χ0n) is 13.1. The van der Waals surface area contributed by atoms with Gasteiger partial charge in [-0.3, -0.25) is 0 Å². The van der Waals surface area contributed by atoms with Gasteiger partial charge >= 0.3 is 0 Å². The summed E-state index contributed by atoms with van der Waals surface area (Å²) in [5, 5.41) is 0. The predicted molar refractivity (Wildman–Crippen MR) is 86.0 cm³/mol. The van der Waals surface area contributed by atoms with Crippen molar-refractivity contribution in [3.05, 3.63) is 35.4 Å². The molecule has 0 bridgehead atoms. The molecule has 1 unspecified atom stereocenters. The monoisotopic (exact) mass is 271 g/mol. The summed E-state index contributed by atoms with van der Waals surface area (Å²) in [6.45, 7) is 5.65. The second-order valence-corrected chi connectivity index (χ2v) is 7.92. The van der Waals surface area contributed by atoms with E-state index in [4.69, 9.17) is 5.73 Å². The Morgan fingerprint density at radius 1 is 1.05 bits per heavy atom. The molecule has 110 valence electrons. The highest BCUT2D eigenvalue weighted by atomic mass is 14.6. The van der Waals surface area contributed by atoms with Gasteiger partial charge in [0, 0.05) is 12.0 Å². The second kappa shape index (κ2) is 5.18. The van der Waals surface area contributed by atoms with E-state index in [0.29, 0.717) is 10.8 Å². The van der Waals surface area contributed by atoms with Crippen molar-refractivity contribution in [3.8, 4) is 0 Å². The highest BCUT2D eigenvalue weighted by Gasteiger charge is 2.37. The molecule has 1 aromatic carbocycles. The lowest BCUT2D eigenvalue weighted by Crippen LogP contribution is -2.41. The molecule has 1 aromatic rings. The van der Waals surface area contributed by atoms with Gasteiger partial charge in [-0.05, 0) is 54.6 Å². The van der Waals surface area contributed by atoms with Gasteiger partial charge in [0.15, 0.2) is 0 Å². The summed E-state index contributed by atoms with van der Waals surface area (Å²) in [6, 6.07) is 9.50. The smallest absolute Gasteiger partial charge is 0.00755 e. The predicted octanol–water partition coefficient (Wildman–Crippen LogP) is 4.75. The van der Waals surface area contributed by atoms with E-state index in [2.05, 4.69) is 38.1 Å². The van der Waals surface area contributed by atoms with Crippen LogP contribution in [0, 0.1) is 5.41 Å². The Morgan fingerprint density at radius 3 is 2.25 bits per heavy atom. The molecule has 0 aromatic heterocycles. The van der Waals surface area contributed by atoms with Crippen molar-refractivity contribution in [2.24, 2.45) is 11.1 Å². The van der Waals surface area contributed by atoms with Crippen molar-refractivity contribution in [1.82, 2.24) is 0 Å². The summed E-state index contributed by atoms with van der Waals surface area (Å²) in [5.41, 5.74) is 9.87. The third-order valence-electron chi connectivity index (χ3n) is 5.90. The minimum Gasteiger partial charge on any atom is -0.330 e. The normalized spacial score (nSPS) is 27.9. The molecule has 0 amide bonds. The standard InChI is InChI=1S/C19H29N/c1-18(2)10-3-5-16(13-18)15-6-8-17(9-7-15)19(14-20)11-4-12-19/h6-9,16H,3-5,10-14,20H2,1-2H3. The molecule has 2 N–H and O–H groups in total. The van der Waals surface area contributed by atoms with Gasteiger partial charge in [-0.15, -0.1) is 0 Å². The Kier molecular flexibility index (Phi) is 3.66. The van der Waals surface area contributed by atoms with Gasteiger partial charge < -0.3 is 5.73 Å². The molecule has 1 heteroatoms. The molecule has 0 aliphatic heterocycles. The Balaban J connectivity index is 1.76. The largest absolute Gasteiger partial charge is 0.330 e. The third kappa shape index (κ3) is 2.53. The van der Waals surface area contributed by atoms with Crippen LogP contribution in [0.5, 0.6) is 0 Å². The topological polar surface area (TPSA) is 26.0 Å². The van der Waals surface area contributed by atoms with Crippen LogP contribution in [-0.2, 0) is 5.41 Å². The molecule has 1 atom stereocenters. The SMILES string of the molecule is CC1(C)CCCC(c2ccc(C3(CN)CCC3)cc2)C1. The first-order chi connectivity index (χ1) is 9.55.